The van der Waals surface area contributed by atoms with Crippen LogP contribution >= 0.6 is 12.2 Å². The van der Waals surface area contributed by atoms with Gasteiger partial charge >= 0.3 is 0 Å². The Morgan fingerprint density at radius 2 is 1.71 bits per heavy atom. The lowest BCUT2D eigenvalue weighted by atomic mass is 9.86. The maximum Gasteiger partial charge on any atom is 0.269 e. The summed E-state index contributed by atoms with van der Waals surface area (Å²) in [5.74, 6) is 0.426. The molecule has 0 aliphatic heterocycles. The minimum absolute atomic E-state index is 0.0788. The van der Waals surface area contributed by atoms with Crippen LogP contribution in [0.25, 0.3) is 0 Å². The lowest BCUT2D eigenvalue weighted by Crippen LogP contribution is -2.51. The largest absolute Gasteiger partial charge is 0.358 e. The molecule has 0 unspecified atom stereocenters. The number of rotatable bonds is 2. The van der Waals surface area contributed by atoms with Gasteiger partial charge in [-0.2, -0.15) is 0 Å². The van der Waals surface area contributed by atoms with Gasteiger partial charge in [0, 0.05) is 11.6 Å². The van der Waals surface area contributed by atoms with Crippen molar-refractivity contribution < 1.29 is 4.79 Å². The van der Waals surface area contributed by atoms with Gasteiger partial charge in [-0.05, 0) is 54.1 Å². The molecule has 24 heavy (non-hydrogen) atoms. The molecule has 0 heterocycles. The zero-order valence-corrected chi connectivity index (χ0v) is 15.9. The lowest BCUT2D eigenvalue weighted by Gasteiger charge is -2.30. The summed E-state index contributed by atoms with van der Waals surface area (Å²) in [5.41, 5.74) is 7.38. The third-order valence-corrected chi connectivity index (χ3v) is 4.95. The van der Waals surface area contributed by atoms with E-state index >= 15 is 0 Å². The fourth-order valence-corrected chi connectivity index (χ4v) is 3.24. The van der Waals surface area contributed by atoms with E-state index in [-0.39, 0.29) is 11.3 Å². The minimum Gasteiger partial charge on any atom is -0.358 e. The molecule has 1 fully saturated rings. The number of amides is 1. The van der Waals surface area contributed by atoms with Gasteiger partial charge in [0.15, 0.2) is 5.11 Å². The monoisotopic (exact) mass is 347 g/mol. The highest BCUT2D eigenvalue weighted by Crippen LogP contribution is 2.23. The Hall–Kier alpha value is -1.62. The van der Waals surface area contributed by atoms with Crippen molar-refractivity contribution in [1.82, 2.24) is 16.2 Å². The van der Waals surface area contributed by atoms with E-state index in [1.54, 1.807) is 0 Å². The van der Waals surface area contributed by atoms with Gasteiger partial charge in [-0.3, -0.25) is 15.6 Å². The lowest BCUT2D eigenvalue weighted by molar-refractivity contribution is 0.0943. The Kier molecular flexibility index (Phi) is 6.21. The molecule has 1 aliphatic carbocycles. The van der Waals surface area contributed by atoms with E-state index in [9.17, 15) is 4.79 Å². The van der Waals surface area contributed by atoms with Gasteiger partial charge in [-0.15, -0.1) is 0 Å². The molecule has 1 aliphatic rings. The molecule has 1 aromatic rings. The van der Waals surface area contributed by atoms with E-state index in [0.717, 1.165) is 6.42 Å². The standard InChI is InChI=1S/C19H29N3OS/c1-13-7-5-6-8-16(13)20-18(24)22-21-17(23)14-9-11-15(12-10-14)19(2,3)4/h9-13,16H,5-8H2,1-4H3,(H,21,23)(H2,20,22,24)/t13-,16+/m1/s1. The average Bonchev–Trinajstić information content (AvgIpc) is 2.54. The second kappa shape index (κ2) is 7.97. The number of carbonyl (C=O) groups is 1. The Morgan fingerprint density at radius 1 is 1.08 bits per heavy atom. The van der Waals surface area contributed by atoms with Crippen LogP contribution in [0.15, 0.2) is 24.3 Å². The zero-order chi connectivity index (χ0) is 17.7. The fraction of sp³-hybridized carbons (Fsp3) is 0.579. The molecule has 0 aromatic heterocycles. The number of thiocarbonyl (C=S) groups is 1. The van der Waals surface area contributed by atoms with Gasteiger partial charge in [0.1, 0.15) is 0 Å². The van der Waals surface area contributed by atoms with Crippen LogP contribution in [0.1, 0.15) is 69.3 Å². The van der Waals surface area contributed by atoms with Crippen molar-refractivity contribution in [2.45, 2.75) is 64.8 Å². The number of nitrogens with one attached hydrogen (secondary N) is 3. The Balaban J connectivity index is 1.83. The number of carbonyl (C=O) groups excluding carboxylic acids is 1. The Bertz CT molecular complexity index is 577. The van der Waals surface area contributed by atoms with Crippen LogP contribution in [-0.4, -0.2) is 17.1 Å². The number of hydrazine groups is 1. The molecule has 4 nitrogen and oxygen atoms in total. The fourth-order valence-electron chi connectivity index (χ4n) is 3.04. The maximum absolute atomic E-state index is 12.2. The molecule has 0 radical (unpaired) electrons. The molecule has 0 spiro atoms. The predicted molar refractivity (Wildman–Crippen MR) is 103 cm³/mol. The number of hydrogen-bond donors (Lipinski definition) is 3. The van der Waals surface area contributed by atoms with Crippen molar-refractivity contribution in [3.63, 3.8) is 0 Å². The van der Waals surface area contributed by atoms with E-state index in [4.69, 9.17) is 12.2 Å². The first-order chi connectivity index (χ1) is 11.3. The van der Waals surface area contributed by atoms with Crippen molar-refractivity contribution >= 4 is 23.2 Å². The van der Waals surface area contributed by atoms with Gasteiger partial charge in [0.2, 0.25) is 0 Å². The highest BCUT2D eigenvalue weighted by Gasteiger charge is 2.21. The number of benzene rings is 1. The van der Waals surface area contributed by atoms with E-state index in [2.05, 4.69) is 43.9 Å². The summed E-state index contributed by atoms with van der Waals surface area (Å²) in [6.45, 7) is 8.70. The first-order valence-corrected chi connectivity index (χ1v) is 9.15. The third-order valence-electron chi connectivity index (χ3n) is 4.73. The summed E-state index contributed by atoms with van der Waals surface area (Å²) in [6.07, 6.45) is 4.88. The summed E-state index contributed by atoms with van der Waals surface area (Å²) in [5, 5.41) is 3.79. The topological polar surface area (TPSA) is 53.2 Å². The highest BCUT2D eigenvalue weighted by molar-refractivity contribution is 7.80. The van der Waals surface area contributed by atoms with E-state index in [0.29, 0.717) is 22.6 Å². The van der Waals surface area contributed by atoms with E-state index < -0.39 is 0 Å². The quantitative estimate of drug-likeness (QED) is 0.564. The Labute approximate surface area is 150 Å². The first-order valence-electron chi connectivity index (χ1n) is 8.75. The molecule has 0 bridgehead atoms. The van der Waals surface area contributed by atoms with Crippen molar-refractivity contribution in [3.8, 4) is 0 Å². The van der Waals surface area contributed by atoms with Gasteiger partial charge in [0.25, 0.3) is 5.91 Å². The first kappa shape index (κ1) is 18.7. The summed E-state index contributed by atoms with van der Waals surface area (Å²) in [6, 6.07) is 8.07. The normalized spacial score (nSPS) is 21.0. The van der Waals surface area contributed by atoms with Crippen LogP contribution in [0, 0.1) is 5.92 Å². The van der Waals surface area contributed by atoms with Crippen LogP contribution in [-0.2, 0) is 5.41 Å². The molecule has 132 valence electrons. The van der Waals surface area contributed by atoms with Crippen molar-refractivity contribution in [1.29, 1.82) is 0 Å². The third kappa shape index (κ3) is 5.20. The summed E-state index contributed by atoms with van der Waals surface area (Å²) < 4.78 is 0. The van der Waals surface area contributed by atoms with Gasteiger partial charge in [-0.25, -0.2) is 0 Å². The minimum atomic E-state index is -0.184. The molecule has 3 N–H and O–H groups in total. The summed E-state index contributed by atoms with van der Waals surface area (Å²) in [7, 11) is 0. The van der Waals surface area contributed by atoms with Gasteiger partial charge in [-0.1, -0.05) is 52.7 Å². The van der Waals surface area contributed by atoms with Crippen molar-refractivity contribution in [2.75, 3.05) is 0 Å². The molecule has 2 rings (SSSR count). The molecule has 5 heteroatoms. The molecule has 2 atom stereocenters. The van der Waals surface area contributed by atoms with E-state index in [1.165, 1.54) is 24.8 Å². The van der Waals surface area contributed by atoms with Crippen molar-refractivity contribution in [2.24, 2.45) is 5.92 Å². The van der Waals surface area contributed by atoms with Crippen LogP contribution in [0.2, 0.25) is 0 Å². The molecular formula is C19H29N3OS. The summed E-state index contributed by atoms with van der Waals surface area (Å²) in [4.78, 5) is 12.2. The van der Waals surface area contributed by atoms with Gasteiger partial charge < -0.3 is 5.32 Å². The zero-order valence-electron chi connectivity index (χ0n) is 15.1. The SMILES string of the molecule is C[C@@H]1CCCC[C@@H]1NC(=S)NNC(=O)c1ccc(C(C)(C)C)cc1. The molecule has 1 amide bonds. The summed E-state index contributed by atoms with van der Waals surface area (Å²) >= 11 is 5.29. The van der Waals surface area contributed by atoms with Crippen LogP contribution in [0.3, 0.4) is 0 Å². The second-order valence-electron chi connectivity index (χ2n) is 7.75. The predicted octanol–water partition coefficient (Wildman–Crippen LogP) is 3.67. The number of hydrogen-bond acceptors (Lipinski definition) is 2. The van der Waals surface area contributed by atoms with Gasteiger partial charge in [0.05, 0.1) is 0 Å². The van der Waals surface area contributed by atoms with Crippen LogP contribution in [0.5, 0.6) is 0 Å². The van der Waals surface area contributed by atoms with E-state index in [1.807, 2.05) is 24.3 Å². The molecule has 1 saturated carbocycles. The molecular weight excluding hydrogens is 318 g/mol. The Morgan fingerprint density at radius 3 is 2.29 bits per heavy atom. The second-order valence-corrected chi connectivity index (χ2v) is 8.16. The smallest absolute Gasteiger partial charge is 0.269 e. The average molecular weight is 348 g/mol. The molecule has 0 saturated heterocycles. The van der Waals surface area contributed by atoms with Crippen LogP contribution in [0.4, 0.5) is 0 Å². The van der Waals surface area contributed by atoms with Crippen molar-refractivity contribution in [3.05, 3.63) is 35.4 Å². The van der Waals surface area contributed by atoms with Crippen LogP contribution < -0.4 is 16.2 Å². The molecule has 1 aromatic carbocycles. The highest BCUT2D eigenvalue weighted by atomic mass is 32.1. The maximum atomic E-state index is 12.2.